The van der Waals surface area contributed by atoms with Crippen LogP contribution in [0.3, 0.4) is 0 Å². The van der Waals surface area contributed by atoms with Gasteiger partial charge in [-0.15, -0.1) is 0 Å². The van der Waals surface area contributed by atoms with Crippen molar-refractivity contribution < 1.29 is 27.8 Å². The molecule has 2 rings (SSSR count). The molecule has 0 aliphatic heterocycles. The van der Waals surface area contributed by atoms with Gasteiger partial charge in [0.1, 0.15) is 23.2 Å². The van der Waals surface area contributed by atoms with E-state index < -0.39 is 29.8 Å². The fourth-order valence-corrected chi connectivity index (χ4v) is 1.93. The maximum absolute atomic E-state index is 14.0. The molecule has 0 aliphatic carbocycles. The molecule has 2 aromatic rings. The number of carboxylic acid groups (broad SMARTS) is 1. The number of hydrogen-bond donors (Lipinski definition) is 1. The van der Waals surface area contributed by atoms with Crippen molar-refractivity contribution in [3.8, 4) is 16.9 Å². The van der Waals surface area contributed by atoms with Gasteiger partial charge in [-0.3, -0.25) is 4.79 Å². The van der Waals surface area contributed by atoms with E-state index in [0.717, 1.165) is 18.2 Å². The van der Waals surface area contributed by atoms with Crippen LogP contribution in [-0.2, 0) is 11.2 Å². The van der Waals surface area contributed by atoms with Crippen molar-refractivity contribution in [3.63, 3.8) is 0 Å². The van der Waals surface area contributed by atoms with Gasteiger partial charge >= 0.3 is 5.97 Å². The van der Waals surface area contributed by atoms with Gasteiger partial charge in [-0.25, -0.2) is 13.2 Å². The Bertz CT molecular complexity index is 699. The molecule has 1 N–H and O–H groups in total. The Labute approximate surface area is 118 Å². The topological polar surface area (TPSA) is 46.5 Å². The van der Waals surface area contributed by atoms with Gasteiger partial charge in [0.2, 0.25) is 0 Å². The summed E-state index contributed by atoms with van der Waals surface area (Å²) in [6.45, 7) is 0. The zero-order valence-electron chi connectivity index (χ0n) is 11.0. The molecule has 6 heteroatoms. The molecule has 0 fully saturated rings. The first kappa shape index (κ1) is 14.9. The van der Waals surface area contributed by atoms with E-state index in [2.05, 4.69) is 0 Å². The zero-order valence-corrected chi connectivity index (χ0v) is 11.0. The predicted molar refractivity (Wildman–Crippen MR) is 69.6 cm³/mol. The monoisotopic (exact) mass is 296 g/mol. The Hall–Kier alpha value is -2.50. The highest BCUT2D eigenvalue weighted by atomic mass is 19.1. The average Bonchev–Trinajstić information content (AvgIpc) is 2.43. The van der Waals surface area contributed by atoms with Gasteiger partial charge in [0, 0.05) is 16.7 Å². The molecular formula is C15H11F3O3. The van der Waals surface area contributed by atoms with E-state index in [1.165, 1.54) is 19.2 Å². The molecule has 0 bridgehead atoms. The average molecular weight is 296 g/mol. The third-order valence-corrected chi connectivity index (χ3v) is 2.94. The highest BCUT2D eigenvalue weighted by molar-refractivity contribution is 5.72. The zero-order chi connectivity index (χ0) is 15.6. The Balaban J connectivity index is 2.55. The van der Waals surface area contributed by atoms with Gasteiger partial charge < -0.3 is 9.84 Å². The van der Waals surface area contributed by atoms with Crippen LogP contribution in [0.2, 0.25) is 0 Å². The van der Waals surface area contributed by atoms with E-state index in [-0.39, 0.29) is 16.7 Å². The first-order chi connectivity index (χ1) is 9.92. The number of carbonyl (C=O) groups is 1. The van der Waals surface area contributed by atoms with E-state index >= 15 is 0 Å². The Morgan fingerprint density at radius 3 is 2.33 bits per heavy atom. The minimum atomic E-state index is -1.28. The van der Waals surface area contributed by atoms with Crippen molar-refractivity contribution in [2.45, 2.75) is 6.42 Å². The van der Waals surface area contributed by atoms with Crippen molar-refractivity contribution in [1.82, 2.24) is 0 Å². The second-order valence-corrected chi connectivity index (χ2v) is 4.34. The van der Waals surface area contributed by atoms with Crippen LogP contribution >= 0.6 is 0 Å². The fraction of sp³-hybridized carbons (Fsp3) is 0.133. The maximum Gasteiger partial charge on any atom is 0.307 e. The maximum atomic E-state index is 14.0. The molecule has 0 heterocycles. The number of hydrogen-bond acceptors (Lipinski definition) is 2. The van der Waals surface area contributed by atoms with E-state index in [1.54, 1.807) is 0 Å². The van der Waals surface area contributed by atoms with Crippen molar-refractivity contribution >= 4 is 5.97 Å². The molecule has 0 spiro atoms. The van der Waals surface area contributed by atoms with E-state index in [4.69, 9.17) is 9.84 Å². The molecule has 0 aliphatic rings. The lowest BCUT2D eigenvalue weighted by atomic mass is 10.0. The summed E-state index contributed by atoms with van der Waals surface area (Å²) < 4.78 is 46.5. The number of rotatable bonds is 4. The number of ether oxygens (including phenoxy) is 1. The first-order valence-electron chi connectivity index (χ1n) is 5.96. The van der Waals surface area contributed by atoms with Gasteiger partial charge in [-0.2, -0.15) is 0 Å². The smallest absolute Gasteiger partial charge is 0.307 e. The standard InChI is InChI=1S/C15H11F3O3/c1-21-9-2-3-12(16)10(6-9)11-7-13(17)8(4-14(11)18)5-15(19)20/h2-4,6-7H,5H2,1H3,(H,19,20). The van der Waals surface area contributed by atoms with Crippen molar-refractivity contribution in [1.29, 1.82) is 0 Å². The molecule has 0 radical (unpaired) electrons. The summed E-state index contributed by atoms with van der Waals surface area (Å²) in [4.78, 5) is 10.6. The first-order valence-corrected chi connectivity index (χ1v) is 5.96. The highest BCUT2D eigenvalue weighted by Crippen LogP contribution is 2.30. The largest absolute Gasteiger partial charge is 0.497 e. The second-order valence-electron chi connectivity index (χ2n) is 4.34. The molecule has 2 aromatic carbocycles. The van der Waals surface area contributed by atoms with Crippen LogP contribution in [0, 0.1) is 17.5 Å². The lowest BCUT2D eigenvalue weighted by Crippen LogP contribution is -2.04. The fourth-order valence-electron chi connectivity index (χ4n) is 1.93. The number of benzene rings is 2. The molecule has 21 heavy (non-hydrogen) atoms. The SMILES string of the molecule is COc1ccc(F)c(-c2cc(F)c(CC(=O)O)cc2F)c1. The predicted octanol–water partition coefficient (Wildman–Crippen LogP) is 3.41. The summed E-state index contributed by atoms with van der Waals surface area (Å²) in [6.07, 6.45) is -0.649. The van der Waals surface area contributed by atoms with Gasteiger partial charge in [0.25, 0.3) is 0 Å². The molecule has 0 atom stereocenters. The summed E-state index contributed by atoms with van der Waals surface area (Å²) in [7, 11) is 1.36. The van der Waals surface area contributed by atoms with Crippen molar-refractivity contribution in [2.24, 2.45) is 0 Å². The van der Waals surface area contributed by atoms with Crippen LogP contribution in [0.15, 0.2) is 30.3 Å². The third-order valence-electron chi connectivity index (χ3n) is 2.94. The van der Waals surface area contributed by atoms with E-state index in [1.807, 2.05) is 0 Å². The summed E-state index contributed by atoms with van der Waals surface area (Å²) >= 11 is 0. The second kappa shape index (κ2) is 5.87. The van der Waals surface area contributed by atoms with Crippen LogP contribution in [0.1, 0.15) is 5.56 Å². The number of aliphatic carboxylic acids is 1. The minimum absolute atomic E-state index is 0.160. The van der Waals surface area contributed by atoms with Crippen LogP contribution in [0.5, 0.6) is 5.75 Å². The summed E-state index contributed by atoms with van der Waals surface area (Å²) in [6, 6.07) is 5.22. The van der Waals surface area contributed by atoms with E-state index in [9.17, 15) is 18.0 Å². The molecular weight excluding hydrogens is 285 g/mol. The van der Waals surface area contributed by atoms with E-state index in [0.29, 0.717) is 5.75 Å². The molecule has 3 nitrogen and oxygen atoms in total. The molecule has 110 valence electrons. The van der Waals surface area contributed by atoms with Crippen LogP contribution in [0.25, 0.3) is 11.1 Å². The lowest BCUT2D eigenvalue weighted by Gasteiger charge is -2.09. The molecule has 0 saturated heterocycles. The number of methoxy groups -OCH3 is 1. The number of halogens is 3. The lowest BCUT2D eigenvalue weighted by molar-refractivity contribution is -0.136. The summed E-state index contributed by atoms with van der Waals surface area (Å²) in [5, 5.41) is 8.62. The Kier molecular flexibility index (Phi) is 4.16. The van der Waals surface area contributed by atoms with Gasteiger partial charge in [-0.05, 0) is 30.3 Å². The number of carboxylic acids is 1. The minimum Gasteiger partial charge on any atom is -0.497 e. The molecule has 0 amide bonds. The van der Waals surface area contributed by atoms with Crippen LogP contribution in [0.4, 0.5) is 13.2 Å². The molecule has 0 unspecified atom stereocenters. The molecule has 0 aromatic heterocycles. The quantitative estimate of drug-likeness (QED) is 0.940. The highest BCUT2D eigenvalue weighted by Gasteiger charge is 2.16. The van der Waals surface area contributed by atoms with Gasteiger partial charge in [-0.1, -0.05) is 0 Å². The van der Waals surface area contributed by atoms with Gasteiger partial charge in [0.05, 0.1) is 13.5 Å². The van der Waals surface area contributed by atoms with Gasteiger partial charge in [0.15, 0.2) is 0 Å². The third kappa shape index (κ3) is 3.16. The van der Waals surface area contributed by atoms with Crippen molar-refractivity contribution in [3.05, 3.63) is 53.3 Å². The summed E-state index contributed by atoms with van der Waals surface area (Å²) in [5.74, 6) is -3.54. The Morgan fingerprint density at radius 2 is 1.71 bits per heavy atom. The molecule has 0 saturated carbocycles. The Morgan fingerprint density at radius 1 is 1.05 bits per heavy atom. The normalized spacial score (nSPS) is 10.5. The summed E-state index contributed by atoms with van der Waals surface area (Å²) in [5.41, 5.74) is -0.752. The van der Waals surface area contributed by atoms with Crippen LogP contribution < -0.4 is 4.74 Å². The van der Waals surface area contributed by atoms with Crippen LogP contribution in [-0.4, -0.2) is 18.2 Å². The van der Waals surface area contributed by atoms with Crippen molar-refractivity contribution in [2.75, 3.05) is 7.11 Å².